The number of aliphatic hydroxyl groups excluding tert-OH is 1. The van der Waals surface area contributed by atoms with Gasteiger partial charge < -0.3 is 20.3 Å². The summed E-state index contributed by atoms with van der Waals surface area (Å²) in [7, 11) is 3.21. The highest BCUT2D eigenvalue weighted by Crippen LogP contribution is 2.36. The molecule has 0 fully saturated rings. The molecule has 0 aliphatic rings. The van der Waals surface area contributed by atoms with E-state index in [0.717, 1.165) is 28.2 Å². The van der Waals surface area contributed by atoms with Crippen molar-refractivity contribution in [1.29, 1.82) is 0 Å². The van der Waals surface area contributed by atoms with Crippen LogP contribution in [0.15, 0.2) is 6.07 Å². The van der Waals surface area contributed by atoms with Crippen LogP contribution < -0.4 is 15.2 Å². The Morgan fingerprint density at radius 2 is 1.94 bits per heavy atom. The molecule has 0 aromatic heterocycles. The Hall–Kier alpha value is -1.26. The molecule has 4 heteroatoms. The van der Waals surface area contributed by atoms with Gasteiger partial charge in [0, 0.05) is 5.56 Å². The Morgan fingerprint density at radius 1 is 1.31 bits per heavy atom. The summed E-state index contributed by atoms with van der Waals surface area (Å²) in [6.07, 6.45) is 0. The zero-order valence-electron chi connectivity index (χ0n) is 10.2. The number of benzene rings is 1. The van der Waals surface area contributed by atoms with Crippen LogP contribution in [-0.4, -0.2) is 25.9 Å². The first-order valence-electron chi connectivity index (χ1n) is 5.15. The maximum absolute atomic E-state index is 9.17. The number of hydrogen-bond donors (Lipinski definition) is 2. The van der Waals surface area contributed by atoms with Crippen molar-refractivity contribution < 1.29 is 14.6 Å². The van der Waals surface area contributed by atoms with E-state index >= 15 is 0 Å². The molecule has 1 unspecified atom stereocenters. The highest BCUT2D eigenvalue weighted by molar-refractivity contribution is 5.54. The van der Waals surface area contributed by atoms with Gasteiger partial charge in [-0.25, -0.2) is 0 Å². The first-order valence-corrected chi connectivity index (χ1v) is 5.15. The van der Waals surface area contributed by atoms with E-state index in [-0.39, 0.29) is 6.61 Å². The topological polar surface area (TPSA) is 64.7 Å². The van der Waals surface area contributed by atoms with Gasteiger partial charge in [-0.05, 0) is 31.0 Å². The van der Waals surface area contributed by atoms with Gasteiger partial charge in [-0.3, -0.25) is 0 Å². The van der Waals surface area contributed by atoms with Crippen molar-refractivity contribution in [2.45, 2.75) is 19.9 Å². The third-order valence-corrected chi connectivity index (χ3v) is 2.72. The Labute approximate surface area is 96.0 Å². The van der Waals surface area contributed by atoms with Crippen molar-refractivity contribution in [3.05, 3.63) is 22.8 Å². The van der Waals surface area contributed by atoms with Gasteiger partial charge in [0.1, 0.15) is 11.5 Å². The molecule has 1 atom stereocenters. The first-order chi connectivity index (χ1) is 7.56. The van der Waals surface area contributed by atoms with E-state index in [1.165, 1.54) is 0 Å². The number of nitrogens with two attached hydrogens (primary N) is 1. The van der Waals surface area contributed by atoms with Crippen molar-refractivity contribution in [2.24, 2.45) is 5.73 Å². The fraction of sp³-hybridized carbons (Fsp3) is 0.500. The maximum atomic E-state index is 9.17. The average molecular weight is 225 g/mol. The number of ether oxygens (including phenoxy) is 2. The molecule has 1 aromatic carbocycles. The lowest BCUT2D eigenvalue weighted by molar-refractivity contribution is 0.263. The lowest BCUT2D eigenvalue weighted by Crippen LogP contribution is -2.18. The molecule has 0 radical (unpaired) electrons. The summed E-state index contributed by atoms with van der Waals surface area (Å²) in [5.74, 6) is 1.48. The second kappa shape index (κ2) is 5.18. The van der Waals surface area contributed by atoms with E-state index in [1.807, 2.05) is 19.9 Å². The van der Waals surface area contributed by atoms with Gasteiger partial charge in [-0.2, -0.15) is 0 Å². The lowest BCUT2D eigenvalue weighted by atomic mass is 9.97. The minimum atomic E-state index is -0.455. The molecule has 0 bridgehead atoms. The molecule has 0 saturated carbocycles. The highest BCUT2D eigenvalue weighted by Gasteiger charge is 2.19. The molecule has 0 heterocycles. The van der Waals surface area contributed by atoms with Crippen LogP contribution >= 0.6 is 0 Å². The van der Waals surface area contributed by atoms with Crippen LogP contribution in [0.5, 0.6) is 11.5 Å². The second-order valence-corrected chi connectivity index (χ2v) is 3.76. The predicted octanol–water partition coefficient (Wildman–Crippen LogP) is 1.31. The summed E-state index contributed by atoms with van der Waals surface area (Å²) in [6.45, 7) is 3.71. The lowest BCUT2D eigenvalue weighted by Gasteiger charge is -2.20. The van der Waals surface area contributed by atoms with Crippen molar-refractivity contribution >= 4 is 0 Å². The molecule has 4 nitrogen and oxygen atoms in total. The summed E-state index contributed by atoms with van der Waals surface area (Å²) >= 11 is 0. The molecule has 0 amide bonds. The monoisotopic (exact) mass is 225 g/mol. The molecule has 0 spiro atoms. The predicted molar refractivity (Wildman–Crippen MR) is 63.0 cm³/mol. The fourth-order valence-electron chi connectivity index (χ4n) is 1.91. The molecule has 1 rings (SSSR count). The van der Waals surface area contributed by atoms with E-state index < -0.39 is 6.04 Å². The quantitative estimate of drug-likeness (QED) is 0.811. The summed E-state index contributed by atoms with van der Waals surface area (Å²) < 4.78 is 10.6. The van der Waals surface area contributed by atoms with Gasteiger partial charge in [0.05, 0.1) is 26.9 Å². The third kappa shape index (κ3) is 2.13. The molecule has 16 heavy (non-hydrogen) atoms. The van der Waals surface area contributed by atoms with Crippen LogP contribution in [-0.2, 0) is 0 Å². The molecule has 90 valence electrons. The molecular weight excluding hydrogens is 206 g/mol. The standard InChI is InChI=1S/C12H19NO3/c1-7-5-10(15-3)8(2)11(9(13)6-14)12(7)16-4/h5,9,14H,6,13H2,1-4H3. The van der Waals surface area contributed by atoms with E-state index in [4.69, 9.17) is 20.3 Å². The smallest absolute Gasteiger partial charge is 0.127 e. The SMILES string of the molecule is COc1cc(C)c(OC)c(C(N)CO)c1C. The van der Waals surface area contributed by atoms with Gasteiger partial charge in [0.25, 0.3) is 0 Å². The molecular formula is C12H19NO3. The largest absolute Gasteiger partial charge is 0.496 e. The van der Waals surface area contributed by atoms with E-state index in [1.54, 1.807) is 14.2 Å². The Balaban J connectivity index is 3.45. The summed E-state index contributed by atoms with van der Waals surface area (Å²) in [4.78, 5) is 0. The van der Waals surface area contributed by atoms with Crippen LogP contribution in [0.1, 0.15) is 22.7 Å². The summed E-state index contributed by atoms with van der Waals surface area (Å²) in [6, 6.07) is 1.45. The van der Waals surface area contributed by atoms with Crippen molar-refractivity contribution in [3.63, 3.8) is 0 Å². The Bertz CT molecular complexity index is 377. The fourth-order valence-corrected chi connectivity index (χ4v) is 1.91. The molecule has 1 aromatic rings. The van der Waals surface area contributed by atoms with Gasteiger partial charge in [0.15, 0.2) is 0 Å². The number of hydrogen-bond acceptors (Lipinski definition) is 4. The third-order valence-electron chi connectivity index (χ3n) is 2.72. The van der Waals surface area contributed by atoms with Crippen molar-refractivity contribution in [2.75, 3.05) is 20.8 Å². The second-order valence-electron chi connectivity index (χ2n) is 3.76. The number of aliphatic hydroxyl groups is 1. The van der Waals surface area contributed by atoms with E-state index in [9.17, 15) is 0 Å². The summed E-state index contributed by atoms with van der Waals surface area (Å²) in [5.41, 5.74) is 8.54. The van der Waals surface area contributed by atoms with Crippen molar-refractivity contribution in [1.82, 2.24) is 0 Å². The first kappa shape index (κ1) is 12.8. The van der Waals surface area contributed by atoms with Gasteiger partial charge in [0.2, 0.25) is 0 Å². The van der Waals surface area contributed by atoms with Crippen LogP contribution in [0, 0.1) is 13.8 Å². The molecule has 0 aliphatic carbocycles. The normalized spacial score (nSPS) is 12.4. The van der Waals surface area contributed by atoms with Crippen LogP contribution in [0.25, 0.3) is 0 Å². The van der Waals surface area contributed by atoms with Crippen molar-refractivity contribution in [3.8, 4) is 11.5 Å². The van der Waals surface area contributed by atoms with Crippen LogP contribution in [0.4, 0.5) is 0 Å². The average Bonchev–Trinajstić information content (AvgIpc) is 2.29. The van der Waals surface area contributed by atoms with E-state index in [2.05, 4.69) is 0 Å². The van der Waals surface area contributed by atoms with E-state index in [0.29, 0.717) is 0 Å². The Kier molecular flexibility index (Phi) is 4.15. The van der Waals surface area contributed by atoms with Crippen LogP contribution in [0.3, 0.4) is 0 Å². The van der Waals surface area contributed by atoms with Gasteiger partial charge in [-0.15, -0.1) is 0 Å². The molecule has 0 saturated heterocycles. The van der Waals surface area contributed by atoms with Gasteiger partial charge >= 0.3 is 0 Å². The highest BCUT2D eigenvalue weighted by atomic mass is 16.5. The minimum Gasteiger partial charge on any atom is -0.496 e. The maximum Gasteiger partial charge on any atom is 0.127 e. The molecule has 0 aliphatic heterocycles. The minimum absolute atomic E-state index is 0.121. The van der Waals surface area contributed by atoms with Gasteiger partial charge in [-0.1, -0.05) is 0 Å². The zero-order valence-corrected chi connectivity index (χ0v) is 10.2. The Morgan fingerprint density at radius 3 is 2.38 bits per heavy atom. The summed E-state index contributed by atoms with van der Waals surface area (Å²) in [5, 5.41) is 9.17. The number of aryl methyl sites for hydroxylation is 1. The molecule has 3 N–H and O–H groups in total. The number of methoxy groups -OCH3 is 2. The van der Waals surface area contributed by atoms with Crippen LogP contribution in [0.2, 0.25) is 0 Å². The zero-order chi connectivity index (χ0) is 12.3. The number of rotatable bonds is 4.